The van der Waals surface area contributed by atoms with Gasteiger partial charge in [-0.25, -0.2) is 0 Å². The van der Waals surface area contributed by atoms with E-state index in [1.807, 2.05) is 30.3 Å². The molecule has 0 aliphatic carbocycles. The topological polar surface area (TPSA) is 58.3 Å². The molecule has 0 bridgehead atoms. The summed E-state index contributed by atoms with van der Waals surface area (Å²) in [6, 6.07) is 9.83. The molecule has 1 rings (SSSR count). The molecule has 0 saturated carbocycles. The summed E-state index contributed by atoms with van der Waals surface area (Å²) >= 11 is 1.79. The highest BCUT2D eigenvalue weighted by Crippen LogP contribution is 2.04. The van der Waals surface area contributed by atoms with Gasteiger partial charge in [-0.05, 0) is 18.2 Å². The zero-order valence-electron chi connectivity index (χ0n) is 10.3. The van der Waals surface area contributed by atoms with Crippen LogP contribution in [0.25, 0.3) is 0 Å². The Hall–Kier alpha value is -0.550. The van der Waals surface area contributed by atoms with E-state index in [0.29, 0.717) is 13.0 Å². The fraction of sp³-hybridized carbons (Fsp3) is 0.538. The molecule has 2 atom stereocenters. The van der Waals surface area contributed by atoms with E-state index < -0.39 is 6.10 Å². The first kappa shape index (κ1) is 14.5. The quantitative estimate of drug-likeness (QED) is 0.603. The molecule has 0 aliphatic heterocycles. The summed E-state index contributed by atoms with van der Waals surface area (Å²) < 4.78 is 0. The van der Waals surface area contributed by atoms with Gasteiger partial charge < -0.3 is 16.2 Å². The van der Waals surface area contributed by atoms with E-state index in [1.165, 1.54) is 5.56 Å². The zero-order chi connectivity index (χ0) is 12.5. The lowest BCUT2D eigenvalue weighted by atomic mass is 10.0. The maximum absolute atomic E-state index is 9.88. The summed E-state index contributed by atoms with van der Waals surface area (Å²) in [5, 5.41) is 13.1. The monoisotopic (exact) mass is 254 g/mol. The van der Waals surface area contributed by atoms with E-state index in [0.717, 1.165) is 12.3 Å². The molecular formula is C13H22N2OS. The number of nitrogens with one attached hydrogen (secondary N) is 1. The molecule has 4 heteroatoms. The Kier molecular flexibility index (Phi) is 7.28. The molecule has 0 aromatic heterocycles. The second kappa shape index (κ2) is 8.53. The first-order valence-corrected chi connectivity index (χ1v) is 7.30. The molecule has 0 saturated heterocycles. The van der Waals surface area contributed by atoms with Crippen molar-refractivity contribution in [3.05, 3.63) is 35.9 Å². The first-order chi connectivity index (χ1) is 8.24. The molecule has 0 unspecified atom stereocenters. The van der Waals surface area contributed by atoms with Gasteiger partial charge in [0, 0.05) is 24.9 Å². The van der Waals surface area contributed by atoms with Crippen LogP contribution in [0.4, 0.5) is 0 Å². The number of hydrogen-bond donors (Lipinski definition) is 3. The van der Waals surface area contributed by atoms with Gasteiger partial charge in [0.15, 0.2) is 0 Å². The lowest BCUT2D eigenvalue weighted by Gasteiger charge is -2.19. The van der Waals surface area contributed by atoms with Crippen molar-refractivity contribution in [2.24, 2.45) is 5.73 Å². The van der Waals surface area contributed by atoms with Crippen LogP contribution < -0.4 is 11.1 Å². The van der Waals surface area contributed by atoms with Gasteiger partial charge in [-0.3, -0.25) is 0 Å². The number of benzene rings is 1. The minimum Gasteiger partial charge on any atom is -0.390 e. The SMILES string of the molecule is CSCCNC[C@@H](O)[C@@H](N)Cc1ccccc1. The van der Waals surface area contributed by atoms with Gasteiger partial charge in [-0.2, -0.15) is 11.8 Å². The van der Waals surface area contributed by atoms with Crippen LogP contribution >= 0.6 is 11.8 Å². The Morgan fingerprint density at radius 1 is 1.35 bits per heavy atom. The van der Waals surface area contributed by atoms with Crippen LogP contribution in [0.2, 0.25) is 0 Å². The van der Waals surface area contributed by atoms with E-state index >= 15 is 0 Å². The Labute approximate surface area is 108 Å². The zero-order valence-corrected chi connectivity index (χ0v) is 11.1. The van der Waals surface area contributed by atoms with Crippen LogP contribution in [-0.4, -0.2) is 42.4 Å². The minimum atomic E-state index is -0.489. The number of aliphatic hydroxyl groups excluding tert-OH is 1. The van der Waals surface area contributed by atoms with Gasteiger partial charge in [0.1, 0.15) is 0 Å². The third-order valence-corrected chi connectivity index (χ3v) is 3.26. The molecule has 0 heterocycles. The maximum atomic E-state index is 9.88. The number of thioether (sulfide) groups is 1. The Morgan fingerprint density at radius 3 is 2.71 bits per heavy atom. The summed E-state index contributed by atoms with van der Waals surface area (Å²) in [6.45, 7) is 1.48. The summed E-state index contributed by atoms with van der Waals surface area (Å²) in [5.74, 6) is 1.06. The van der Waals surface area contributed by atoms with Gasteiger partial charge in [0.25, 0.3) is 0 Å². The first-order valence-electron chi connectivity index (χ1n) is 5.91. The van der Waals surface area contributed by atoms with Crippen LogP contribution in [-0.2, 0) is 6.42 Å². The van der Waals surface area contributed by atoms with Crippen LogP contribution in [0.1, 0.15) is 5.56 Å². The van der Waals surface area contributed by atoms with Crippen molar-refractivity contribution in [3.63, 3.8) is 0 Å². The highest BCUT2D eigenvalue weighted by molar-refractivity contribution is 7.98. The normalized spacial score (nSPS) is 14.5. The Morgan fingerprint density at radius 2 is 2.06 bits per heavy atom. The highest BCUT2D eigenvalue weighted by Gasteiger charge is 2.14. The molecule has 0 fully saturated rings. The standard InChI is InChI=1S/C13H22N2OS/c1-17-8-7-15-10-13(16)12(14)9-11-5-3-2-4-6-11/h2-6,12-13,15-16H,7-10,14H2,1H3/t12-,13+/m0/s1. The largest absolute Gasteiger partial charge is 0.390 e. The molecule has 4 N–H and O–H groups in total. The van der Waals surface area contributed by atoms with Crippen molar-refractivity contribution in [3.8, 4) is 0 Å². The van der Waals surface area contributed by atoms with Crippen LogP contribution in [0.15, 0.2) is 30.3 Å². The summed E-state index contributed by atoms with van der Waals surface area (Å²) in [7, 11) is 0. The molecule has 0 spiro atoms. The second-order valence-electron chi connectivity index (χ2n) is 4.12. The van der Waals surface area contributed by atoms with Crippen molar-refractivity contribution < 1.29 is 5.11 Å². The van der Waals surface area contributed by atoms with Crippen molar-refractivity contribution in [1.82, 2.24) is 5.32 Å². The van der Waals surface area contributed by atoms with Crippen molar-refractivity contribution >= 4 is 11.8 Å². The van der Waals surface area contributed by atoms with Crippen molar-refractivity contribution in [1.29, 1.82) is 0 Å². The smallest absolute Gasteiger partial charge is 0.0818 e. The summed E-state index contributed by atoms with van der Waals surface area (Å²) in [4.78, 5) is 0. The average molecular weight is 254 g/mol. The Balaban J connectivity index is 2.24. The third kappa shape index (κ3) is 6.07. The average Bonchev–Trinajstić information content (AvgIpc) is 2.35. The van der Waals surface area contributed by atoms with E-state index in [4.69, 9.17) is 5.73 Å². The van der Waals surface area contributed by atoms with Gasteiger partial charge in [-0.15, -0.1) is 0 Å². The maximum Gasteiger partial charge on any atom is 0.0818 e. The van der Waals surface area contributed by atoms with Gasteiger partial charge >= 0.3 is 0 Å². The lowest BCUT2D eigenvalue weighted by Crippen LogP contribution is -2.43. The molecule has 0 amide bonds. The third-order valence-electron chi connectivity index (χ3n) is 2.64. The number of rotatable bonds is 8. The van der Waals surface area contributed by atoms with Crippen LogP contribution in [0.5, 0.6) is 0 Å². The molecule has 0 aliphatic rings. The summed E-state index contributed by atoms with van der Waals surface area (Å²) in [5.41, 5.74) is 7.14. The fourth-order valence-corrected chi connectivity index (χ4v) is 1.95. The molecule has 17 heavy (non-hydrogen) atoms. The Bertz CT molecular complexity index is 295. The second-order valence-corrected chi connectivity index (χ2v) is 5.10. The molecule has 96 valence electrons. The predicted molar refractivity (Wildman–Crippen MR) is 75.4 cm³/mol. The van der Waals surface area contributed by atoms with E-state index in [2.05, 4.69) is 11.6 Å². The van der Waals surface area contributed by atoms with Crippen LogP contribution in [0.3, 0.4) is 0 Å². The van der Waals surface area contributed by atoms with Gasteiger partial charge in [0.2, 0.25) is 0 Å². The minimum absolute atomic E-state index is 0.209. The fourth-order valence-electron chi connectivity index (χ4n) is 1.60. The summed E-state index contributed by atoms with van der Waals surface area (Å²) in [6.07, 6.45) is 2.29. The molecule has 3 nitrogen and oxygen atoms in total. The molecular weight excluding hydrogens is 232 g/mol. The van der Waals surface area contributed by atoms with Gasteiger partial charge in [0.05, 0.1) is 6.10 Å². The number of aliphatic hydroxyl groups is 1. The highest BCUT2D eigenvalue weighted by atomic mass is 32.2. The molecule has 0 radical (unpaired) electrons. The van der Waals surface area contributed by atoms with E-state index in [9.17, 15) is 5.11 Å². The lowest BCUT2D eigenvalue weighted by molar-refractivity contribution is 0.142. The number of hydrogen-bond acceptors (Lipinski definition) is 4. The van der Waals surface area contributed by atoms with E-state index in [-0.39, 0.29) is 6.04 Å². The molecule has 1 aromatic carbocycles. The molecule has 1 aromatic rings. The number of nitrogens with two attached hydrogens (primary N) is 1. The van der Waals surface area contributed by atoms with Crippen molar-refractivity contribution in [2.45, 2.75) is 18.6 Å². The van der Waals surface area contributed by atoms with Gasteiger partial charge in [-0.1, -0.05) is 30.3 Å². The van der Waals surface area contributed by atoms with Crippen molar-refractivity contribution in [2.75, 3.05) is 25.1 Å². The van der Waals surface area contributed by atoms with E-state index in [1.54, 1.807) is 11.8 Å². The van der Waals surface area contributed by atoms with Crippen LogP contribution in [0, 0.1) is 0 Å². The predicted octanol–water partition coefficient (Wildman–Crippen LogP) is 0.870.